The molecule has 0 aromatic carbocycles. The molecule has 2 fully saturated rings. The van der Waals surface area contributed by atoms with E-state index in [9.17, 15) is 24.3 Å². The minimum absolute atomic E-state index is 0.0780. The molecule has 3 rings (SSSR count). The summed E-state index contributed by atoms with van der Waals surface area (Å²) >= 11 is 2.60. The topological polar surface area (TPSA) is 117 Å². The number of esters is 1. The van der Waals surface area contributed by atoms with Crippen LogP contribution in [0.15, 0.2) is 22.8 Å². The van der Waals surface area contributed by atoms with Gasteiger partial charge in [-0.2, -0.15) is 11.8 Å². The van der Waals surface area contributed by atoms with E-state index < -0.39 is 23.4 Å². The maximum absolute atomic E-state index is 12.9. The van der Waals surface area contributed by atoms with Gasteiger partial charge in [-0.05, 0) is 12.3 Å². The predicted molar refractivity (Wildman–Crippen MR) is 103 cm³/mol. The van der Waals surface area contributed by atoms with Crippen molar-refractivity contribution in [2.45, 2.75) is 18.3 Å². The molecular weight excluding hydrogens is 408 g/mol. The van der Waals surface area contributed by atoms with E-state index in [0.717, 1.165) is 0 Å². The predicted octanol–water partition coefficient (Wildman–Crippen LogP) is 0.893. The van der Waals surface area contributed by atoms with Crippen LogP contribution in [-0.4, -0.2) is 76.1 Å². The number of thioether (sulfide) groups is 2. The van der Waals surface area contributed by atoms with Crippen LogP contribution in [0, 0.1) is 5.41 Å². The van der Waals surface area contributed by atoms with Crippen LogP contribution in [0.5, 0.6) is 0 Å². The number of furan rings is 1. The second kappa shape index (κ2) is 8.08. The molecule has 1 aromatic rings. The zero-order valence-corrected chi connectivity index (χ0v) is 17.0. The Morgan fingerprint density at radius 1 is 1.50 bits per heavy atom. The Hall–Kier alpha value is -2.14. The van der Waals surface area contributed by atoms with E-state index in [-0.39, 0.29) is 47.7 Å². The van der Waals surface area contributed by atoms with Crippen molar-refractivity contribution in [3.63, 3.8) is 0 Å². The molecule has 28 heavy (non-hydrogen) atoms. The smallest absolute Gasteiger partial charge is 0.315 e. The number of amides is 2. The molecule has 0 aliphatic carbocycles. The van der Waals surface area contributed by atoms with E-state index in [1.54, 1.807) is 18.4 Å². The van der Waals surface area contributed by atoms with Crippen molar-refractivity contribution in [2.24, 2.45) is 5.41 Å². The van der Waals surface area contributed by atoms with Crippen LogP contribution in [0.4, 0.5) is 5.88 Å². The molecule has 1 aromatic heterocycles. The first kappa shape index (κ1) is 20.6. The second-order valence-corrected chi connectivity index (χ2v) is 8.60. The molecule has 9 nitrogen and oxygen atoms in total. The van der Waals surface area contributed by atoms with E-state index >= 15 is 0 Å². The van der Waals surface area contributed by atoms with Gasteiger partial charge in [0, 0.05) is 25.3 Å². The molecule has 2 unspecified atom stereocenters. The Kier molecular flexibility index (Phi) is 5.94. The van der Waals surface area contributed by atoms with Gasteiger partial charge in [-0.15, -0.1) is 11.8 Å². The average Bonchev–Trinajstić information content (AvgIpc) is 3.18. The Morgan fingerprint density at radius 3 is 2.82 bits per heavy atom. The fourth-order valence-electron chi connectivity index (χ4n) is 3.24. The summed E-state index contributed by atoms with van der Waals surface area (Å²) in [6.07, 6.45) is 3.22. The Labute approximate surface area is 169 Å². The number of hydrogen-bond donors (Lipinski definition) is 1. The maximum atomic E-state index is 12.9. The molecule has 0 saturated carbocycles. The number of carbonyl (C=O) groups is 4. The zero-order chi connectivity index (χ0) is 20.5. The highest BCUT2D eigenvalue weighted by molar-refractivity contribution is 8.00. The molecule has 2 saturated heterocycles. The van der Waals surface area contributed by atoms with Gasteiger partial charge in [-0.3, -0.25) is 24.1 Å². The largest absolute Gasteiger partial charge is 0.481 e. The lowest BCUT2D eigenvalue weighted by molar-refractivity contribution is -0.164. The molecule has 2 amide bonds. The number of carbonyl (C=O) groups excluding carboxylic acids is 3. The van der Waals surface area contributed by atoms with Crippen LogP contribution < -0.4 is 4.90 Å². The quantitative estimate of drug-likeness (QED) is 0.499. The number of nitrogens with zero attached hydrogens (tertiary/aromatic N) is 2. The third-order valence-electron chi connectivity index (χ3n) is 4.68. The summed E-state index contributed by atoms with van der Waals surface area (Å²) in [6, 6.07) is 2.50. The van der Waals surface area contributed by atoms with Crippen molar-refractivity contribution in [3.05, 3.63) is 18.4 Å². The summed E-state index contributed by atoms with van der Waals surface area (Å²) in [5.41, 5.74) is -1.37. The highest BCUT2D eigenvalue weighted by Gasteiger charge is 2.60. The summed E-state index contributed by atoms with van der Waals surface area (Å²) in [6.45, 7) is 0.822. The standard InChI is InChI=1S/C17H20N2O7S2/c1-10(20)26-8-17(16(23)24)7-18-14(22)13(15(18)28-9-17)19(11(21)6-27-2)12-4-3-5-25-12/h3-5,13,15H,6-9H2,1-2H3,(H,23,24)/t13?,15-,17?/m1/s1. The fraction of sp³-hybridized carbons (Fsp3) is 0.529. The molecule has 2 aliphatic rings. The van der Waals surface area contributed by atoms with Gasteiger partial charge < -0.3 is 19.2 Å². The van der Waals surface area contributed by atoms with Crippen molar-refractivity contribution in [1.82, 2.24) is 4.90 Å². The Bertz CT molecular complexity index is 784. The third kappa shape index (κ3) is 3.60. The van der Waals surface area contributed by atoms with Gasteiger partial charge in [-0.25, -0.2) is 0 Å². The van der Waals surface area contributed by atoms with Gasteiger partial charge in [0.1, 0.15) is 23.4 Å². The van der Waals surface area contributed by atoms with E-state index in [0.29, 0.717) is 0 Å². The molecular formula is C17H20N2O7S2. The maximum Gasteiger partial charge on any atom is 0.315 e. The highest BCUT2D eigenvalue weighted by Crippen LogP contribution is 2.45. The number of aliphatic carboxylic acids is 1. The normalized spacial score (nSPS) is 26.2. The van der Waals surface area contributed by atoms with Crippen molar-refractivity contribution >= 4 is 53.2 Å². The lowest BCUT2D eigenvalue weighted by Gasteiger charge is -2.55. The van der Waals surface area contributed by atoms with Crippen molar-refractivity contribution in [3.8, 4) is 0 Å². The number of anilines is 1. The molecule has 0 bridgehead atoms. The summed E-state index contributed by atoms with van der Waals surface area (Å²) in [5, 5.41) is 9.29. The number of ether oxygens (including phenoxy) is 1. The lowest BCUT2D eigenvalue weighted by Crippen LogP contribution is -2.75. The molecule has 0 spiro atoms. The third-order valence-corrected chi connectivity index (χ3v) is 6.79. The van der Waals surface area contributed by atoms with Gasteiger partial charge in [0.2, 0.25) is 17.7 Å². The van der Waals surface area contributed by atoms with Gasteiger partial charge in [-0.1, -0.05) is 0 Å². The number of fused-ring (bicyclic) bond motifs is 1. The van der Waals surface area contributed by atoms with E-state index in [1.807, 2.05) is 0 Å². The van der Waals surface area contributed by atoms with Crippen LogP contribution in [-0.2, 0) is 23.9 Å². The second-order valence-electron chi connectivity index (χ2n) is 6.63. The van der Waals surface area contributed by atoms with Crippen molar-refractivity contribution < 1.29 is 33.4 Å². The van der Waals surface area contributed by atoms with Crippen LogP contribution in [0.1, 0.15) is 6.92 Å². The Balaban J connectivity index is 1.80. The van der Waals surface area contributed by atoms with Gasteiger partial charge in [0.25, 0.3) is 0 Å². The number of carboxylic acid groups (broad SMARTS) is 1. The SMILES string of the molecule is CSCC(=O)N(c1ccco1)C1C(=O)N2CC(COC(C)=O)(C(=O)O)CS[C@H]12. The zero-order valence-electron chi connectivity index (χ0n) is 15.3. The molecule has 3 heterocycles. The number of carboxylic acids is 1. The molecule has 152 valence electrons. The van der Waals surface area contributed by atoms with Crippen LogP contribution in [0.3, 0.4) is 0 Å². The molecule has 2 aliphatic heterocycles. The molecule has 1 N–H and O–H groups in total. The van der Waals surface area contributed by atoms with E-state index in [4.69, 9.17) is 9.15 Å². The molecule has 11 heteroatoms. The summed E-state index contributed by atoms with van der Waals surface area (Å²) in [5.74, 6) is -1.68. The number of β-lactam (4-membered cyclic amide) rings is 1. The highest BCUT2D eigenvalue weighted by atomic mass is 32.2. The Morgan fingerprint density at radius 2 is 2.25 bits per heavy atom. The monoisotopic (exact) mass is 428 g/mol. The fourth-order valence-corrected chi connectivity index (χ4v) is 5.20. The molecule has 3 atom stereocenters. The lowest BCUT2D eigenvalue weighted by atomic mass is 9.87. The van der Waals surface area contributed by atoms with E-state index in [1.165, 1.54) is 46.5 Å². The first-order valence-electron chi connectivity index (χ1n) is 8.44. The van der Waals surface area contributed by atoms with Gasteiger partial charge in [0.15, 0.2) is 0 Å². The summed E-state index contributed by atoms with van der Waals surface area (Å²) in [4.78, 5) is 51.2. The van der Waals surface area contributed by atoms with Crippen LogP contribution in [0.25, 0.3) is 0 Å². The first-order chi connectivity index (χ1) is 13.3. The van der Waals surface area contributed by atoms with Crippen molar-refractivity contribution in [1.29, 1.82) is 0 Å². The minimum Gasteiger partial charge on any atom is -0.481 e. The summed E-state index contributed by atoms with van der Waals surface area (Å²) < 4.78 is 10.3. The van der Waals surface area contributed by atoms with Gasteiger partial charge >= 0.3 is 11.9 Å². The summed E-state index contributed by atoms with van der Waals surface area (Å²) in [7, 11) is 0. The van der Waals surface area contributed by atoms with Crippen LogP contribution >= 0.6 is 23.5 Å². The first-order valence-corrected chi connectivity index (χ1v) is 10.9. The average molecular weight is 428 g/mol. The number of rotatable bonds is 7. The number of hydrogen-bond acceptors (Lipinski definition) is 8. The van der Waals surface area contributed by atoms with Crippen molar-refractivity contribution in [2.75, 3.05) is 35.8 Å². The molecule has 0 radical (unpaired) electrons. The van der Waals surface area contributed by atoms with Crippen LogP contribution in [0.2, 0.25) is 0 Å². The minimum atomic E-state index is -1.37. The van der Waals surface area contributed by atoms with Gasteiger partial charge in [0.05, 0.1) is 12.0 Å². The van der Waals surface area contributed by atoms with E-state index in [2.05, 4.69) is 0 Å².